The van der Waals surface area contributed by atoms with Gasteiger partial charge >= 0.3 is 0 Å². The molecular formula is C26H30ClN5O2. The minimum atomic E-state index is 0.122. The molecule has 0 saturated carbocycles. The molecule has 2 aliphatic rings. The highest BCUT2D eigenvalue weighted by atomic mass is 35.5. The van der Waals surface area contributed by atoms with Crippen LogP contribution in [0.15, 0.2) is 53.1 Å². The Morgan fingerprint density at radius 1 is 0.882 bits per heavy atom. The summed E-state index contributed by atoms with van der Waals surface area (Å²) in [5.41, 5.74) is 3.27. The zero-order valence-corrected chi connectivity index (χ0v) is 20.1. The lowest BCUT2D eigenvalue weighted by Crippen LogP contribution is -2.48. The summed E-state index contributed by atoms with van der Waals surface area (Å²) in [4.78, 5) is 23.8. The van der Waals surface area contributed by atoms with Crippen molar-refractivity contribution in [3.63, 3.8) is 0 Å². The SMILES string of the molecule is O=C(CCc1nc(-c2ccc(N3CCCCC3)cc2)no1)N1CCN(c2cccc(Cl)c2)CC1. The van der Waals surface area contributed by atoms with Crippen molar-refractivity contribution in [1.82, 2.24) is 15.0 Å². The Morgan fingerprint density at radius 2 is 1.62 bits per heavy atom. The van der Waals surface area contributed by atoms with E-state index in [1.165, 1.54) is 24.9 Å². The van der Waals surface area contributed by atoms with Gasteiger partial charge in [0.25, 0.3) is 0 Å². The van der Waals surface area contributed by atoms with Crippen molar-refractivity contribution in [3.05, 3.63) is 59.4 Å². The molecule has 7 nitrogen and oxygen atoms in total. The van der Waals surface area contributed by atoms with Crippen molar-refractivity contribution < 1.29 is 9.32 Å². The van der Waals surface area contributed by atoms with Crippen LogP contribution in [0.3, 0.4) is 0 Å². The zero-order chi connectivity index (χ0) is 23.3. The summed E-state index contributed by atoms with van der Waals surface area (Å²) in [5, 5.41) is 4.86. The number of aromatic nitrogens is 2. The lowest BCUT2D eigenvalue weighted by Gasteiger charge is -2.36. The Balaban J connectivity index is 1.11. The highest BCUT2D eigenvalue weighted by Gasteiger charge is 2.22. The monoisotopic (exact) mass is 479 g/mol. The first-order chi connectivity index (χ1) is 16.7. The van der Waals surface area contributed by atoms with Crippen LogP contribution in [0, 0.1) is 0 Å². The van der Waals surface area contributed by atoms with Crippen LogP contribution in [0.25, 0.3) is 11.4 Å². The molecule has 0 bridgehead atoms. The fourth-order valence-corrected chi connectivity index (χ4v) is 4.89. The van der Waals surface area contributed by atoms with Gasteiger partial charge in [-0.25, -0.2) is 0 Å². The lowest BCUT2D eigenvalue weighted by atomic mass is 10.1. The van der Waals surface area contributed by atoms with E-state index in [2.05, 4.69) is 38.1 Å². The van der Waals surface area contributed by atoms with Crippen LogP contribution in [-0.4, -0.2) is 60.2 Å². The summed E-state index contributed by atoms with van der Waals surface area (Å²) in [7, 11) is 0. The first kappa shape index (κ1) is 22.7. The second kappa shape index (κ2) is 10.5. The maximum Gasteiger partial charge on any atom is 0.227 e. The number of carbonyl (C=O) groups is 1. The molecule has 3 aromatic rings. The number of piperazine rings is 1. The third-order valence-corrected chi connectivity index (χ3v) is 6.91. The normalized spacial score (nSPS) is 16.7. The molecule has 2 fully saturated rings. The molecule has 2 aliphatic heterocycles. The molecule has 2 aromatic carbocycles. The van der Waals surface area contributed by atoms with Crippen LogP contribution in [0.5, 0.6) is 0 Å². The van der Waals surface area contributed by atoms with Gasteiger partial charge in [-0.15, -0.1) is 0 Å². The number of hydrogen-bond donors (Lipinski definition) is 0. The van der Waals surface area contributed by atoms with Crippen molar-refractivity contribution in [2.24, 2.45) is 0 Å². The molecule has 0 atom stereocenters. The van der Waals surface area contributed by atoms with Crippen molar-refractivity contribution in [2.45, 2.75) is 32.1 Å². The molecule has 2 saturated heterocycles. The average molecular weight is 480 g/mol. The van der Waals surface area contributed by atoms with E-state index < -0.39 is 0 Å². The Bertz CT molecular complexity index is 1100. The van der Waals surface area contributed by atoms with Crippen LogP contribution >= 0.6 is 11.6 Å². The molecule has 1 amide bonds. The minimum absolute atomic E-state index is 0.122. The Morgan fingerprint density at radius 3 is 2.35 bits per heavy atom. The summed E-state index contributed by atoms with van der Waals surface area (Å²) < 4.78 is 5.43. The molecule has 3 heterocycles. The van der Waals surface area contributed by atoms with Gasteiger partial charge in [-0.1, -0.05) is 22.8 Å². The number of halogens is 1. The summed E-state index contributed by atoms with van der Waals surface area (Å²) in [6.07, 6.45) is 4.65. The number of carbonyl (C=O) groups excluding carboxylic acids is 1. The van der Waals surface area contributed by atoms with Crippen LogP contribution in [0.4, 0.5) is 11.4 Å². The van der Waals surface area contributed by atoms with Crippen molar-refractivity contribution in [1.29, 1.82) is 0 Å². The van der Waals surface area contributed by atoms with Gasteiger partial charge in [0, 0.05) is 74.1 Å². The molecule has 8 heteroatoms. The number of aryl methyl sites for hydroxylation is 1. The summed E-state index contributed by atoms with van der Waals surface area (Å²) >= 11 is 6.11. The number of nitrogens with zero attached hydrogens (tertiary/aromatic N) is 5. The largest absolute Gasteiger partial charge is 0.372 e. The quantitative estimate of drug-likeness (QED) is 0.512. The van der Waals surface area contributed by atoms with Gasteiger partial charge in [0.1, 0.15) is 0 Å². The molecule has 1 aromatic heterocycles. The van der Waals surface area contributed by atoms with Crippen molar-refractivity contribution in [2.75, 3.05) is 49.1 Å². The third kappa shape index (κ3) is 5.36. The van der Waals surface area contributed by atoms with Gasteiger partial charge in [0.2, 0.25) is 17.6 Å². The molecule has 34 heavy (non-hydrogen) atoms. The van der Waals surface area contributed by atoms with E-state index in [4.69, 9.17) is 16.1 Å². The van der Waals surface area contributed by atoms with Crippen LogP contribution < -0.4 is 9.80 Å². The lowest BCUT2D eigenvalue weighted by molar-refractivity contribution is -0.131. The first-order valence-corrected chi connectivity index (χ1v) is 12.5. The second-order valence-electron chi connectivity index (χ2n) is 8.95. The van der Waals surface area contributed by atoms with Gasteiger partial charge in [0.05, 0.1) is 0 Å². The molecule has 0 aliphatic carbocycles. The van der Waals surface area contributed by atoms with Crippen LogP contribution in [-0.2, 0) is 11.2 Å². The Kier molecular flexibility index (Phi) is 7.00. The fraction of sp³-hybridized carbons (Fsp3) is 0.423. The maximum atomic E-state index is 12.7. The minimum Gasteiger partial charge on any atom is -0.372 e. The van der Waals surface area contributed by atoms with E-state index in [0.717, 1.165) is 42.5 Å². The molecule has 178 valence electrons. The maximum absolute atomic E-state index is 12.7. The van der Waals surface area contributed by atoms with E-state index in [1.807, 2.05) is 35.2 Å². The number of piperidine rings is 1. The average Bonchev–Trinajstić information content (AvgIpc) is 3.37. The molecule has 0 unspecified atom stereocenters. The molecule has 0 spiro atoms. The Labute approximate surface area is 205 Å². The van der Waals surface area contributed by atoms with E-state index in [1.54, 1.807) is 0 Å². The standard InChI is InChI=1S/C26H30ClN5O2/c27-21-5-4-6-23(19-21)31-15-17-32(18-16-31)25(33)12-11-24-28-26(29-34-24)20-7-9-22(10-8-20)30-13-2-1-3-14-30/h4-10,19H,1-3,11-18H2. The number of hydrogen-bond acceptors (Lipinski definition) is 6. The van der Waals surface area contributed by atoms with Gasteiger partial charge in [-0.2, -0.15) is 4.98 Å². The zero-order valence-electron chi connectivity index (χ0n) is 19.3. The summed E-state index contributed by atoms with van der Waals surface area (Å²) in [6, 6.07) is 16.2. The summed E-state index contributed by atoms with van der Waals surface area (Å²) in [5.74, 6) is 1.19. The second-order valence-corrected chi connectivity index (χ2v) is 9.39. The van der Waals surface area contributed by atoms with E-state index in [0.29, 0.717) is 37.6 Å². The molecule has 0 radical (unpaired) electrons. The number of amides is 1. The van der Waals surface area contributed by atoms with Gasteiger partial charge in [-0.05, 0) is 61.7 Å². The van der Waals surface area contributed by atoms with Gasteiger partial charge in [-0.3, -0.25) is 4.79 Å². The topological polar surface area (TPSA) is 65.7 Å². The number of rotatable bonds is 6. The predicted molar refractivity (Wildman–Crippen MR) is 134 cm³/mol. The first-order valence-electron chi connectivity index (χ1n) is 12.1. The molecule has 0 N–H and O–H groups in total. The van der Waals surface area contributed by atoms with Gasteiger partial charge in [0.15, 0.2) is 0 Å². The Hall–Kier alpha value is -3.06. The highest BCUT2D eigenvalue weighted by Crippen LogP contribution is 2.24. The highest BCUT2D eigenvalue weighted by molar-refractivity contribution is 6.30. The van der Waals surface area contributed by atoms with E-state index in [-0.39, 0.29) is 5.91 Å². The number of anilines is 2. The fourth-order valence-electron chi connectivity index (χ4n) is 4.71. The summed E-state index contributed by atoms with van der Waals surface area (Å²) in [6.45, 7) is 5.23. The van der Waals surface area contributed by atoms with Crippen molar-refractivity contribution in [3.8, 4) is 11.4 Å². The smallest absolute Gasteiger partial charge is 0.227 e. The predicted octanol–water partition coefficient (Wildman–Crippen LogP) is 4.66. The van der Waals surface area contributed by atoms with Crippen molar-refractivity contribution >= 4 is 28.9 Å². The molecular weight excluding hydrogens is 450 g/mol. The molecule has 5 rings (SSSR count). The van der Waals surface area contributed by atoms with Gasteiger partial charge < -0.3 is 19.2 Å². The van der Waals surface area contributed by atoms with Crippen LogP contribution in [0.2, 0.25) is 5.02 Å². The van der Waals surface area contributed by atoms with E-state index in [9.17, 15) is 4.79 Å². The van der Waals surface area contributed by atoms with E-state index >= 15 is 0 Å². The third-order valence-electron chi connectivity index (χ3n) is 6.67. The van der Waals surface area contributed by atoms with Crippen LogP contribution in [0.1, 0.15) is 31.6 Å². The number of benzene rings is 2.